The van der Waals surface area contributed by atoms with Crippen molar-refractivity contribution in [3.63, 3.8) is 0 Å². The molecule has 134 valence electrons. The summed E-state index contributed by atoms with van der Waals surface area (Å²) in [4.78, 5) is 0. The highest BCUT2D eigenvalue weighted by atomic mass is 16.3. The van der Waals surface area contributed by atoms with Crippen LogP contribution >= 0.6 is 0 Å². The molecule has 1 unspecified atom stereocenters. The van der Waals surface area contributed by atoms with Crippen LogP contribution in [0.2, 0.25) is 0 Å². The molecule has 0 aliphatic rings. The van der Waals surface area contributed by atoms with Gasteiger partial charge in [-0.3, -0.25) is 0 Å². The zero-order valence-electron chi connectivity index (χ0n) is 16.0. The Bertz CT molecular complexity index is 210. The summed E-state index contributed by atoms with van der Waals surface area (Å²) in [6.45, 7) is 6.33. The second kappa shape index (κ2) is 15.8. The topological polar surface area (TPSA) is 20.2 Å². The van der Waals surface area contributed by atoms with E-state index in [-0.39, 0.29) is 0 Å². The summed E-state index contributed by atoms with van der Waals surface area (Å²) in [5.41, 5.74) is -0.420. The van der Waals surface area contributed by atoms with Gasteiger partial charge in [-0.1, -0.05) is 110 Å². The third-order valence-electron chi connectivity index (χ3n) is 5.08. The van der Waals surface area contributed by atoms with Gasteiger partial charge in [-0.05, 0) is 19.8 Å². The number of aliphatic hydroxyl groups is 1. The molecule has 1 N–H and O–H groups in total. The van der Waals surface area contributed by atoms with E-state index in [0.717, 1.165) is 12.8 Å². The summed E-state index contributed by atoms with van der Waals surface area (Å²) < 4.78 is 0. The van der Waals surface area contributed by atoms with Gasteiger partial charge >= 0.3 is 0 Å². The molecular weight excluding hydrogens is 268 g/mol. The Hall–Kier alpha value is -0.0400. The van der Waals surface area contributed by atoms with Gasteiger partial charge in [0, 0.05) is 0 Å². The highest BCUT2D eigenvalue weighted by molar-refractivity contribution is 4.69. The van der Waals surface area contributed by atoms with E-state index in [9.17, 15) is 5.11 Å². The van der Waals surface area contributed by atoms with Crippen molar-refractivity contribution in [3.8, 4) is 0 Å². The summed E-state index contributed by atoms with van der Waals surface area (Å²) >= 11 is 0. The number of hydrogen-bond donors (Lipinski definition) is 1. The van der Waals surface area contributed by atoms with Gasteiger partial charge in [0.25, 0.3) is 0 Å². The van der Waals surface area contributed by atoms with Gasteiger partial charge < -0.3 is 5.11 Å². The van der Waals surface area contributed by atoms with Gasteiger partial charge in [0.2, 0.25) is 0 Å². The summed E-state index contributed by atoms with van der Waals surface area (Å²) in [5.74, 6) is 0. The van der Waals surface area contributed by atoms with E-state index in [1.807, 2.05) is 6.92 Å². The van der Waals surface area contributed by atoms with Crippen molar-refractivity contribution in [1.29, 1.82) is 0 Å². The second-order valence-electron chi connectivity index (χ2n) is 7.55. The smallest absolute Gasteiger partial charge is 0.0617 e. The fourth-order valence-electron chi connectivity index (χ4n) is 3.05. The van der Waals surface area contributed by atoms with Crippen molar-refractivity contribution in [2.24, 2.45) is 0 Å². The van der Waals surface area contributed by atoms with Gasteiger partial charge in [0.15, 0.2) is 0 Å². The van der Waals surface area contributed by atoms with E-state index in [0.29, 0.717) is 0 Å². The molecular formula is C21H44O. The molecule has 0 rings (SSSR count). The number of hydrogen-bond acceptors (Lipinski definition) is 1. The molecule has 0 aromatic rings. The zero-order valence-corrected chi connectivity index (χ0v) is 16.0. The third-order valence-corrected chi connectivity index (χ3v) is 5.08. The monoisotopic (exact) mass is 312 g/mol. The van der Waals surface area contributed by atoms with Crippen molar-refractivity contribution < 1.29 is 5.11 Å². The van der Waals surface area contributed by atoms with Gasteiger partial charge in [-0.2, -0.15) is 0 Å². The standard InChI is InChI=1S/C21H44O/c1-4-6-7-8-9-10-11-12-13-14-15-16-17-18-19-20-21(3,22)5-2/h22H,4-20H2,1-3H3. The van der Waals surface area contributed by atoms with Crippen LogP contribution < -0.4 is 0 Å². The lowest BCUT2D eigenvalue weighted by atomic mass is 9.95. The Balaban J connectivity index is 3.06. The average Bonchev–Trinajstić information content (AvgIpc) is 2.51. The summed E-state index contributed by atoms with van der Waals surface area (Å²) in [6, 6.07) is 0. The predicted molar refractivity (Wildman–Crippen MR) is 100 cm³/mol. The van der Waals surface area contributed by atoms with E-state index in [1.54, 1.807) is 0 Å². The Morgan fingerprint density at radius 1 is 0.545 bits per heavy atom. The largest absolute Gasteiger partial charge is 0.390 e. The highest BCUT2D eigenvalue weighted by Gasteiger charge is 2.15. The molecule has 0 amide bonds. The van der Waals surface area contributed by atoms with Crippen molar-refractivity contribution in [1.82, 2.24) is 0 Å². The fourth-order valence-corrected chi connectivity index (χ4v) is 3.05. The van der Waals surface area contributed by atoms with Crippen molar-refractivity contribution in [3.05, 3.63) is 0 Å². The molecule has 0 saturated carbocycles. The molecule has 0 radical (unpaired) electrons. The molecule has 0 bridgehead atoms. The van der Waals surface area contributed by atoms with Crippen LogP contribution in [-0.2, 0) is 0 Å². The highest BCUT2D eigenvalue weighted by Crippen LogP contribution is 2.19. The fraction of sp³-hybridized carbons (Fsp3) is 1.00. The lowest BCUT2D eigenvalue weighted by Gasteiger charge is -2.20. The number of unbranched alkanes of at least 4 members (excludes halogenated alkanes) is 14. The van der Waals surface area contributed by atoms with E-state index in [4.69, 9.17) is 0 Å². The minimum atomic E-state index is -0.420. The van der Waals surface area contributed by atoms with Crippen molar-refractivity contribution in [2.75, 3.05) is 0 Å². The van der Waals surface area contributed by atoms with Gasteiger partial charge in [-0.25, -0.2) is 0 Å². The first kappa shape index (κ1) is 22.0. The van der Waals surface area contributed by atoms with Crippen LogP contribution in [-0.4, -0.2) is 10.7 Å². The van der Waals surface area contributed by atoms with Crippen molar-refractivity contribution in [2.45, 2.75) is 136 Å². The Kier molecular flexibility index (Phi) is 15.8. The molecule has 0 heterocycles. The van der Waals surface area contributed by atoms with Crippen LogP contribution in [0.3, 0.4) is 0 Å². The van der Waals surface area contributed by atoms with E-state index < -0.39 is 5.60 Å². The van der Waals surface area contributed by atoms with Crippen LogP contribution in [0.25, 0.3) is 0 Å². The molecule has 0 aliphatic carbocycles. The molecule has 0 saturated heterocycles. The lowest BCUT2D eigenvalue weighted by molar-refractivity contribution is 0.0442. The first-order valence-electron chi connectivity index (χ1n) is 10.3. The molecule has 0 aromatic heterocycles. The second-order valence-corrected chi connectivity index (χ2v) is 7.55. The predicted octanol–water partition coefficient (Wildman–Crippen LogP) is 7.41. The van der Waals surface area contributed by atoms with Gasteiger partial charge in [0.05, 0.1) is 5.60 Å². The molecule has 1 atom stereocenters. The molecule has 22 heavy (non-hydrogen) atoms. The molecule has 0 fully saturated rings. The van der Waals surface area contributed by atoms with Gasteiger partial charge in [0.1, 0.15) is 0 Å². The van der Waals surface area contributed by atoms with Crippen LogP contribution in [0.15, 0.2) is 0 Å². The number of rotatable bonds is 17. The third kappa shape index (κ3) is 16.3. The molecule has 1 heteroatoms. The van der Waals surface area contributed by atoms with E-state index in [2.05, 4.69) is 13.8 Å². The zero-order chi connectivity index (χ0) is 16.5. The quantitative estimate of drug-likeness (QED) is 0.277. The molecule has 0 aromatic carbocycles. The normalized spacial score (nSPS) is 14.2. The Morgan fingerprint density at radius 2 is 0.864 bits per heavy atom. The first-order chi connectivity index (χ1) is 10.6. The average molecular weight is 313 g/mol. The van der Waals surface area contributed by atoms with Crippen LogP contribution in [0.5, 0.6) is 0 Å². The maximum absolute atomic E-state index is 9.93. The molecule has 0 aliphatic heterocycles. The first-order valence-corrected chi connectivity index (χ1v) is 10.3. The van der Waals surface area contributed by atoms with Crippen LogP contribution in [0.1, 0.15) is 130 Å². The van der Waals surface area contributed by atoms with Crippen molar-refractivity contribution >= 4 is 0 Å². The minimum absolute atomic E-state index is 0.420. The Morgan fingerprint density at radius 3 is 1.18 bits per heavy atom. The van der Waals surface area contributed by atoms with E-state index in [1.165, 1.54) is 96.3 Å². The maximum Gasteiger partial charge on any atom is 0.0617 e. The SMILES string of the molecule is CCCCCCCCCCCCCCCCCC(C)(O)CC. The maximum atomic E-state index is 9.93. The lowest BCUT2D eigenvalue weighted by Crippen LogP contribution is -2.22. The minimum Gasteiger partial charge on any atom is -0.390 e. The van der Waals surface area contributed by atoms with Crippen LogP contribution in [0, 0.1) is 0 Å². The summed E-state index contributed by atoms with van der Waals surface area (Å²) in [5, 5.41) is 9.93. The Labute approximate surface area is 141 Å². The summed E-state index contributed by atoms with van der Waals surface area (Å²) in [6.07, 6.45) is 22.9. The van der Waals surface area contributed by atoms with E-state index >= 15 is 0 Å². The van der Waals surface area contributed by atoms with Gasteiger partial charge in [-0.15, -0.1) is 0 Å². The van der Waals surface area contributed by atoms with Crippen LogP contribution in [0.4, 0.5) is 0 Å². The molecule has 0 spiro atoms. The summed E-state index contributed by atoms with van der Waals surface area (Å²) in [7, 11) is 0. The molecule has 1 nitrogen and oxygen atoms in total.